The van der Waals surface area contributed by atoms with Crippen molar-refractivity contribution in [2.45, 2.75) is 122 Å². The van der Waals surface area contributed by atoms with E-state index in [1.165, 1.54) is 103 Å². The maximum Gasteiger partial charge on any atom is 0.287 e. The second kappa shape index (κ2) is 14.5. The summed E-state index contributed by atoms with van der Waals surface area (Å²) in [6.45, 7) is 2.33. The second-order valence-electron chi connectivity index (χ2n) is 11.1. The first-order valence-corrected chi connectivity index (χ1v) is 14.3. The van der Waals surface area contributed by atoms with Gasteiger partial charge in [0.05, 0.1) is 4.92 Å². The molecule has 0 heterocycles. The lowest BCUT2D eigenvalue weighted by Crippen LogP contribution is -2.32. The summed E-state index contributed by atoms with van der Waals surface area (Å²) < 4.78 is 0. The largest absolute Gasteiger partial charge is 0.287 e. The Morgan fingerprint density at radius 3 is 1.91 bits per heavy atom. The van der Waals surface area contributed by atoms with Crippen LogP contribution in [0.2, 0.25) is 0 Å². The molecule has 2 fully saturated rings. The van der Waals surface area contributed by atoms with Crippen LogP contribution in [-0.4, -0.2) is 4.92 Å². The van der Waals surface area contributed by atoms with Crippen LogP contribution < -0.4 is 0 Å². The van der Waals surface area contributed by atoms with Crippen LogP contribution >= 0.6 is 0 Å². The van der Waals surface area contributed by atoms with Crippen LogP contribution in [-0.2, 0) is 6.42 Å². The molecule has 2 aliphatic carbocycles. The minimum absolute atomic E-state index is 0.0383. The molecule has 34 heavy (non-hydrogen) atoms. The van der Waals surface area contributed by atoms with E-state index in [1.54, 1.807) is 12.1 Å². The lowest BCUT2D eigenvalue weighted by Gasteiger charge is -2.41. The van der Waals surface area contributed by atoms with Crippen molar-refractivity contribution >= 4 is 5.69 Å². The van der Waals surface area contributed by atoms with Gasteiger partial charge in [0.25, 0.3) is 5.69 Å². The minimum atomic E-state index is -0.405. The summed E-state index contributed by atoms with van der Waals surface area (Å²) in [5.74, 6) is 3.23. The Morgan fingerprint density at radius 2 is 1.44 bits per heavy atom. The molecule has 2 aliphatic rings. The zero-order valence-corrected chi connectivity index (χ0v) is 21.5. The summed E-state index contributed by atoms with van der Waals surface area (Å²) >= 11 is 0. The zero-order valence-electron chi connectivity index (χ0n) is 21.5. The fraction of sp³-hybridized carbons (Fsp3) is 0.767. The Kier molecular flexibility index (Phi) is 11.4. The highest BCUT2D eigenvalue weighted by Crippen LogP contribution is 2.45. The van der Waals surface area contributed by atoms with E-state index >= 15 is 0 Å². The summed E-state index contributed by atoms with van der Waals surface area (Å²) in [5, 5.41) is 20.7. The smallest absolute Gasteiger partial charge is 0.258 e. The monoisotopic (exact) mass is 466 g/mol. The fourth-order valence-electron chi connectivity index (χ4n) is 7.13. The second-order valence-corrected chi connectivity index (χ2v) is 11.1. The quantitative estimate of drug-likeness (QED) is 0.269. The highest BCUT2D eigenvalue weighted by atomic mass is 16.6. The maximum atomic E-state index is 11.5. The number of nitriles is 1. The molecule has 0 spiro atoms. The van der Waals surface area contributed by atoms with Crippen molar-refractivity contribution in [3.63, 3.8) is 0 Å². The molecule has 1 atom stereocenters. The molecule has 1 aromatic carbocycles. The van der Waals surface area contributed by atoms with Crippen LogP contribution in [0.1, 0.15) is 127 Å². The minimum Gasteiger partial charge on any atom is -0.258 e. The first kappa shape index (κ1) is 26.7. The molecule has 1 unspecified atom stereocenters. The first-order chi connectivity index (χ1) is 16.6. The number of nitrogens with zero attached hydrogens (tertiary/aromatic N) is 2. The Morgan fingerprint density at radius 1 is 0.912 bits per heavy atom. The van der Waals surface area contributed by atoms with E-state index in [4.69, 9.17) is 0 Å². The summed E-state index contributed by atoms with van der Waals surface area (Å²) in [4.78, 5) is 11.1. The maximum absolute atomic E-state index is 11.5. The molecule has 0 amide bonds. The van der Waals surface area contributed by atoms with Gasteiger partial charge in [-0.3, -0.25) is 10.1 Å². The normalized spacial score (nSPS) is 20.0. The number of hydrogen-bond donors (Lipinski definition) is 0. The Balaban J connectivity index is 1.81. The van der Waals surface area contributed by atoms with Gasteiger partial charge in [-0.05, 0) is 48.1 Å². The van der Waals surface area contributed by atoms with Crippen molar-refractivity contribution in [2.24, 2.45) is 23.7 Å². The van der Waals surface area contributed by atoms with Crippen LogP contribution in [0, 0.1) is 45.1 Å². The van der Waals surface area contributed by atoms with Crippen LogP contribution in [0.15, 0.2) is 18.2 Å². The van der Waals surface area contributed by atoms with E-state index in [0.717, 1.165) is 36.2 Å². The average Bonchev–Trinajstić information content (AvgIpc) is 2.79. The number of rotatable bonds is 9. The van der Waals surface area contributed by atoms with Crippen LogP contribution in [0.5, 0.6) is 0 Å². The topological polar surface area (TPSA) is 66.9 Å². The summed E-state index contributed by atoms with van der Waals surface area (Å²) in [6, 6.07) is 7.21. The fourth-order valence-corrected chi connectivity index (χ4v) is 7.13. The third kappa shape index (κ3) is 7.82. The van der Waals surface area contributed by atoms with E-state index in [1.807, 2.05) is 12.1 Å². The SMILES string of the molecule is CCCC(CCc1ccc(C#N)c([N+](=O)[O-])c1)C(C1CCCCCCC1)C1CCCCCCC1. The van der Waals surface area contributed by atoms with Gasteiger partial charge in [0.1, 0.15) is 11.6 Å². The van der Waals surface area contributed by atoms with Crippen molar-refractivity contribution < 1.29 is 4.92 Å². The van der Waals surface area contributed by atoms with Crippen molar-refractivity contribution in [3.8, 4) is 6.07 Å². The highest BCUT2D eigenvalue weighted by molar-refractivity contribution is 5.50. The Hall–Kier alpha value is -1.89. The van der Waals surface area contributed by atoms with Gasteiger partial charge in [-0.2, -0.15) is 5.26 Å². The van der Waals surface area contributed by atoms with E-state index in [0.29, 0.717) is 5.92 Å². The standard InChI is InChI=1S/C30H46N2O2/c1-2-13-25(20-18-24-19-21-28(23-31)29(22-24)32(33)34)30(26-14-9-5-3-6-10-15-26)27-16-11-7-4-8-12-17-27/h19,21-22,25-27,30H,2-18,20H2,1H3. The van der Waals surface area contributed by atoms with Crippen molar-refractivity contribution in [1.82, 2.24) is 0 Å². The Bertz CT molecular complexity index is 761. The van der Waals surface area contributed by atoms with Gasteiger partial charge in [-0.1, -0.05) is 116 Å². The van der Waals surface area contributed by atoms with Gasteiger partial charge >= 0.3 is 0 Å². The van der Waals surface area contributed by atoms with Crippen LogP contribution in [0.4, 0.5) is 5.69 Å². The molecule has 0 bridgehead atoms. The van der Waals surface area contributed by atoms with Gasteiger partial charge < -0.3 is 0 Å². The average molecular weight is 467 g/mol. The summed E-state index contributed by atoms with van der Waals surface area (Å²) in [6.07, 6.45) is 24.2. The molecule has 4 nitrogen and oxygen atoms in total. The molecule has 188 valence electrons. The molecule has 0 radical (unpaired) electrons. The third-order valence-electron chi connectivity index (χ3n) is 8.78. The van der Waals surface area contributed by atoms with Crippen molar-refractivity contribution in [2.75, 3.05) is 0 Å². The number of nitro benzene ring substituents is 1. The van der Waals surface area contributed by atoms with Gasteiger partial charge in [0.2, 0.25) is 0 Å². The zero-order chi connectivity index (χ0) is 24.2. The number of aryl methyl sites for hydroxylation is 1. The van der Waals surface area contributed by atoms with Gasteiger partial charge in [0.15, 0.2) is 0 Å². The van der Waals surface area contributed by atoms with Gasteiger partial charge in [0, 0.05) is 6.07 Å². The lowest BCUT2D eigenvalue weighted by molar-refractivity contribution is -0.385. The predicted molar refractivity (Wildman–Crippen MR) is 140 cm³/mol. The predicted octanol–water partition coefficient (Wildman–Crippen LogP) is 9.15. The van der Waals surface area contributed by atoms with E-state index in [2.05, 4.69) is 6.92 Å². The highest BCUT2D eigenvalue weighted by Gasteiger charge is 2.35. The molecule has 0 aromatic heterocycles. The van der Waals surface area contributed by atoms with Gasteiger partial charge in [-0.25, -0.2) is 0 Å². The molecular weight excluding hydrogens is 420 g/mol. The van der Waals surface area contributed by atoms with Crippen molar-refractivity contribution in [3.05, 3.63) is 39.4 Å². The van der Waals surface area contributed by atoms with Gasteiger partial charge in [-0.15, -0.1) is 0 Å². The molecule has 0 N–H and O–H groups in total. The number of hydrogen-bond acceptors (Lipinski definition) is 3. The third-order valence-corrected chi connectivity index (χ3v) is 8.78. The molecule has 0 saturated heterocycles. The van der Waals surface area contributed by atoms with E-state index in [9.17, 15) is 15.4 Å². The number of benzene rings is 1. The van der Waals surface area contributed by atoms with E-state index < -0.39 is 4.92 Å². The first-order valence-electron chi connectivity index (χ1n) is 14.3. The Labute approximate surface area is 207 Å². The molecule has 0 aliphatic heterocycles. The van der Waals surface area contributed by atoms with Crippen LogP contribution in [0.25, 0.3) is 0 Å². The molecule has 4 heteroatoms. The molecule has 2 saturated carbocycles. The van der Waals surface area contributed by atoms with E-state index in [-0.39, 0.29) is 11.3 Å². The molecule has 3 rings (SSSR count). The summed E-state index contributed by atoms with van der Waals surface area (Å²) in [5.41, 5.74) is 1.14. The van der Waals surface area contributed by atoms with Crippen LogP contribution in [0.3, 0.4) is 0 Å². The van der Waals surface area contributed by atoms with Crippen molar-refractivity contribution in [1.29, 1.82) is 5.26 Å². The molecule has 1 aromatic rings. The summed E-state index contributed by atoms with van der Waals surface area (Å²) in [7, 11) is 0. The molecular formula is C30H46N2O2. The number of nitro groups is 1. The lowest BCUT2D eigenvalue weighted by atomic mass is 9.64.